The SMILES string of the molecule is CCC(C)N(CCC(=O)Nc1cc(Cl)ccc1Cl)C(C)=O. The van der Waals surface area contributed by atoms with Crippen LogP contribution >= 0.6 is 23.2 Å². The van der Waals surface area contributed by atoms with E-state index in [4.69, 9.17) is 23.2 Å². The fraction of sp³-hybridized carbons (Fsp3) is 0.467. The van der Waals surface area contributed by atoms with Gasteiger partial charge in [-0.25, -0.2) is 0 Å². The van der Waals surface area contributed by atoms with Crippen LogP contribution < -0.4 is 5.32 Å². The van der Waals surface area contributed by atoms with Crippen molar-refractivity contribution >= 4 is 40.7 Å². The topological polar surface area (TPSA) is 49.4 Å². The molecule has 1 aromatic carbocycles. The summed E-state index contributed by atoms with van der Waals surface area (Å²) in [7, 11) is 0. The van der Waals surface area contributed by atoms with Crippen molar-refractivity contribution in [3.05, 3.63) is 28.2 Å². The van der Waals surface area contributed by atoms with E-state index in [0.717, 1.165) is 6.42 Å². The lowest BCUT2D eigenvalue weighted by atomic mass is 10.2. The highest BCUT2D eigenvalue weighted by atomic mass is 35.5. The molecule has 1 atom stereocenters. The Morgan fingerprint density at radius 2 is 2.00 bits per heavy atom. The van der Waals surface area contributed by atoms with Gasteiger partial charge in [0.15, 0.2) is 0 Å². The summed E-state index contributed by atoms with van der Waals surface area (Å²) in [5.74, 6) is -0.230. The zero-order valence-electron chi connectivity index (χ0n) is 12.5. The molecule has 2 amide bonds. The lowest BCUT2D eigenvalue weighted by molar-refractivity contribution is -0.131. The van der Waals surface area contributed by atoms with Crippen LogP contribution in [0.15, 0.2) is 18.2 Å². The molecule has 0 saturated carbocycles. The van der Waals surface area contributed by atoms with E-state index in [-0.39, 0.29) is 24.3 Å². The van der Waals surface area contributed by atoms with Gasteiger partial charge in [-0.15, -0.1) is 0 Å². The average Bonchev–Trinajstić information content (AvgIpc) is 2.42. The molecule has 0 radical (unpaired) electrons. The van der Waals surface area contributed by atoms with Gasteiger partial charge in [0.1, 0.15) is 0 Å². The van der Waals surface area contributed by atoms with Crippen LogP contribution in [0.5, 0.6) is 0 Å². The van der Waals surface area contributed by atoms with Crippen LogP contribution in [0, 0.1) is 0 Å². The van der Waals surface area contributed by atoms with Crippen LogP contribution in [0.3, 0.4) is 0 Å². The van der Waals surface area contributed by atoms with Gasteiger partial charge < -0.3 is 10.2 Å². The molecule has 1 rings (SSSR count). The molecular formula is C15H20Cl2N2O2. The molecule has 1 unspecified atom stereocenters. The molecule has 0 heterocycles. The largest absolute Gasteiger partial charge is 0.340 e. The molecule has 0 fully saturated rings. The van der Waals surface area contributed by atoms with Crippen molar-refractivity contribution in [2.45, 2.75) is 39.7 Å². The maximum absolute atomic E-state index is 12.0. The fourth-order valence-corrected chi connectivity index (χ4v) is 2.27. The number of rotatable bonds is 6. The number of carbonyl (C=O) groups is 2. The van der Waals surface area contributed by atoms with Gasteiger partial charge >= 0.3 is 0 Å². The minimum Gasteiger partial charge on any atom is -0.340 e. The Hall–Kier alpha value is -1.26. The number of carbonyl (C=O) groups excluding carboxylic acids is 2. The van der Waals surface area contributed by atoms with Crippen LogP contribution in [-0.4, -0.2) is 29.3 Å². The average molecular weight is 331 g/mol. The zero-order chi connectivity index (χ0) is 16.0. The first-order valence-corrected chi connectivity index (χ1v) is 7.62. The third-order valence-electron chi connectivity index (χ3n) is 3.31. The molecule has 21 heavy (non-hydrogen) atoms. The van der Waals surface area contributed by atoms with Crippen molar-refractivity contribution in [2.24, 2.45) is 0 Å². The first-order chi connectivity index (χ1) is 9.85. The summed E-state index contributed by atoms with van der Waals surface area (Å²) in [6.07, 6.45) is 1.06. The van der Waals surface area contributed by atoms with Crippen molar-refractivity contribution in [1.82, 2.24) is 4.90 Å². The molecule has 0 aliphatic heterocycles. The van der Waals surface area contributed by atoms with Gasteiger partial charge in [0, 0.05) is 31.0 Å². The summed E-state index contributed by atoms with van der Waals surface area (Å²) in [5, 5.41) is 3.64. The van der Waals surface area contributed by atoms with E-state index in [2.05, 4.69) is 5.32 Å². The van der Waals surface area contributed by atoms with E-state index in [1.807, 2.05) is 13.8 Å². The van der Waals surface area contributed by atoms with Crippen molar-refractivity contribution in [3.8, 4) is 0 Å². The maximum atomic E-state index is 12.0. The highest BCUT2D eigenvalue weighted by Crippen LogP contribution is 2.25. The maximum Gasteiger partial charge on any atom is 0.226 e. The molecule has 0 aliphatic rings. The number of amides is 2. The van der Waals surface area contributed by atoms with E-state index in [0.29, 0.717) is 22.3 Å². The van der Waals surface area contributed by atoms with Gasteiger partial charge in [-0.2, -0.15) is 0 Å². The second-order valence-corrected chi connectivity index (χ2v) is 5.74. The molecule has 4 nitrogen and oxygen atoms in total. The monoisotopic (exact) mass is 330 g/mol. The van der Waals surface area contributed by atoms with Crippen LogP contribution in [-0.2, 0) is 9.59 Å². The predicted molar refractivity (Wildman–Crippen MR) is 86.8 cm³/mol. The standard InChI is InChI=1S/C15H20Cl2N2O2/c1-4-10(2)19(11(3)20)8-7-15(21)18-14-9-12(16)5-6-13(14)17/h5-6,9-10H,4,7-8H2,1-3H3,(H,18,21). The highest BCUT2D eigenvalue weighted by molar-refractivity contribution is 6.35. The number of hydrogen-bond donors (Lipinski definition) is 1. The summed E-state index contributed by atoms with van der Waals surface area (Å²) in [4.78, 5) is 25.2. The third kappa shape index (κ3) is 5.56. The van der Waals surface area contributed by atoms with Crippen LogP contribution in [0.4, 0.5) is 5.69 Å². The van der Waals surface area contributed by atoms with Gasteiger partial charge in [0.25, 0.3) is 0 Å². The number of nitrogens with one attached hydrogen (secondary N) is 1. The van der Waals surface area contributed by atoms with Gasteiger partial charge in [-0.05, 0) is 31.5 Å². The fourth-order valence-electron chi connectivity index (χ4n) is 1.94. The summed E-state index contributed by atoms with van der Waals surface area (Å²) < 4.78 is 0. The lowest BCUT2D eigenvalue weighted by Gasteiger charge is -2.27. The van der Waals surface area contributed by atoms with Crippen LogP contribution in [0.2, 0.25) is 10.0 Å². The molecule has 0 saturated heterocycles. The van der Waals surface area contributed by atoms with E-state index in [1.54, 1.807) is 23.1 Å². The van der Waals surface area contributed by atoms with Gasteiger partial charge in [-0.1, -0.05) is 30.1 Å². The number of benzene rings is 1. The van der Waals surface area contributed by atoms with E-state index in [9.17, 15) is 9.59 Å². The Labute approximate surface area is 135 Å². The number of hydrogen-bond acceptors (Lipinski definition) is 2. The smallest absolute Gasteiger partial charge is 0.226 e. The minimum atomic E-state index is -0.200. The molecule has 1 N–H and O–H groups in total. The Morgan fingerprint density at radius 1 is 1.33 bits per heavy atom. The summed E-state index contributed by atoms with van der Waals surface area (Å²) in [6, 6.07) is 4.99. The predicted octanol–water partition coefficient (Wildman–Crippen LogP) is 3.97. The van der Waals surface area contributed by atoms with Crippen LogP contribution in [0.25, 0.3) is 0 Å². The third-order valence-corrected chi connectivity index (χ3v) is 3.87. The van der Waals surface area contributed by atoms with Crippen molar-refractivity contribution in [2.75, 3.05) is 11.9 Å². The summed E-state index contributed by atoms with van der Waals surface area (Å²) in [5.41, 5.74) is 0.479. The molecule has 116 valence electrons. The Balaban J connectivity index is 2.61. The molecule has 0 aromatic heterocycles. The molecule has 6 heteroatoms. The highest BCUT2D eigenvalue weighted by Gasteiger charge is 2.16. The van der Waals surface area contributed by atoms with Crippen molar-refractivity contribution in [3.63, 3.8) is 0 Å². The Kier molecular flexibility index (Phi) is 6.99. The zero-order valence-corrected chi connectivity index (χ0v) is 14.0. The van der Waals surface area contributed by atoms with Gasteiger partial charge in [-0.3, -0.25) is 9.59 Å². The number of halogens is 2. The molecule has 0 spiro atoms. The van der Waals surface area contributed by atoms with E-state index < -0.39 is 0 Å². The Bertz CT molecular complexity index is 520. The normalized spacial score (nSPS) is 11.9. The second-order valence-electron chi connectivity index (χ2n) is 4.89. The Morgan fingerprint density at radius 3 is 2.57 bits per heavy atom. The summed E-state index contributed by atoms with van der Waals surface area (Å²) in [6.45, 7) is 5.87. The van der Waals surface area contributed by atoms with Crippen molar-refractivity contribution in [1.29, 1.82) is 0 Å². The van der Waals surface area contributed by atoms with E-state index >= 15 is 0 Å². The second kappa shape index (κ2) is 8.25. The number of anilines is 1. The molecule has 0 bridgehead atoms. The van der Waals surface area contributed by atoms with Crippen molar-refractivity contribution < 1.29 is 9.59 Å². The lowest BCUT2D eigenvalue weighted by Crippen LogP contribution is -2.38. The van der Waals surface area contributed by atoms with Crippen LogP contribution in [0.1, 0.15) is 33.6 Å². The molecular weight excluding hydrogens is 311 g/mol. The quantitative estimate of drug-likeness (QED) is 0.857. The first kappa shape index (κ1) is 17.8. The first-order valence-electron chi connectivity index (χ1n) is 6.87. The molecule has 1 aromatic rings. The van der Waals surface area contributed by atoms with Gasteiger partial charge in [0.2, 0.25) is 11.8 Å². The minimum absolute atomic E-state index is 0.0297. The number of nitrogens with zero attached hydrogens (tertiary/aromatic N) is 1. The summed E-state index contributed by atoms with van der Waals surface area (Å²) >= 11 is 11.9. The van der Waals surface area contributed by atoms with Gasteiger partial charge in [0.05, 0.1) is 10.7 Å². The van der Waals surface area contributed by atoms with E-state index in [1.165, 1.54) is 6.92 Å². The molecule has 0 aliphatic carbocycles.